The second-order valence-electron chi connectivity index (χ2n) is 0.982. The molecule has 0 aromatic carbocycles. The van der Waals surface area contributed by atoms with E-state index in [2.05, 4.69) is 9.35 Å². The Kier molecular flexibility index (Phi) is 19.6. The van der Waals surface area contributed by atoms with E-state index >= 15 is 0 Å². The van der Waals surface area contributed by atoms with Crippen LogP contribution in [0.15, 0.2) is 0 Å². The summed E-state index contributed by atoms with van der Waals surface area (Å²) in [5, 5.41) is 0. The van der Waals surface area contributed by atoms with Gasteiger partial charge in [-0.25, -0.2) is 0 Å². The van der Waals surface area contributed by atoms with Gasteiger partial charge >= 0.3 is 145 Å². The van der Waals surface area contributed by atoms with Crippen molar-refractivity contribution in [3.8, 4) is 0 Å². The zero-order valence-corrected chi connectivity index (χ0v) is 6.46. The zero-order valence-electron chi connectivity index (χ0n) is 3.11. The molecule has 0 amide bonds. The molecule has 1 aliphatic heterocycles. The van der Waals surface area contributed by atoms with Gasteiger partial charge in [0, 0.05) is 26.2 Å². The van der Waals surface area contributed by atoms with E-state index in [1.165, 1.54) is 0 Å². The Hall–Kier alpha value is 4.89. The number of hydrogen-bond donors (Lipinski definition) is 3. The molecule has 1 fully saturated rings. The maximum Gasteiger partial charge on any atom is 0 e. The molecule has 3 N–H and O–H groups in total. The average Bonchev–Trinajstić information content (AvgIpc) is 1.73. The van der Waals surface area contributed by atoms with Crippen LogP contribution in [0.4, 0.5) is 0 Å². The van der Waals surface area contributed by atoms with E-state index in [9.17, 15) is 0 Å². The Morgan fingerprint density at radius 1 is 0.800 bits per heavy atom. The third kappa shape index (κ3) is 12.9. The van der Waals surface area contributed by atoms with Crippen molar-refractivity contribution in [1.82, 2.24) is 0 Å². The van der Waals surface area contributed by atoms with E-state index in [0.717, 1.165) is 0 Å². The van der Waals surface area contributed by atoms with Crippen molar-refractivity contribution in [3.05, 3.63) is 0 Å². The molecule has 0 spiro atoms. The van der Waals surface area contributed by atoms with Gasteiger partial charge in [0.15, 0.2) is 0 Å². The minimum absolute atomic E-state index is 0. The average molecular weight is 331 g/mol. The summed E-state index contributed by atoms with van der Waals surface area (Å²) in [6.07, 6.45) is 0. The van der Waals surface area contributed by atoms with Gasteiger partial charge in [0.25, 0.3) is 0 Å². The quantitative estimate of drug-likeness (QED) is 0.184. The largest absolute Gasteiger partial charge is 0 e. The maximum atomic E-state index is 7.89. The monoisotopic (exact) mass is 330 g/mol. The predicted molar refractivity (Wildman–Crippen MR) is 41.4 cm³/mol. The molecule has 1 heterocycles. The first-order valence-electron chi connectivity index (χ1n) is 1.13. The van der Waals surface area contributed by atoms with Crippen molar-refractivity contribution < 1.29 is 50.2 Å². The van der Waals surface area contributed by atoms with Gasteiger partial charge in [-0.05, 0) is 0 Å². The van der Waals surface area contributed by atoms with Gasteiger partial charge in [-0.2, -0.15) is 0 Å². The predicted octanol–water partition coefficient (Wildman–Crippen LogP) is -3.70. The molecule has 0 saturated carbocycles. The van der Waals surface area contributed by atoms with Gasteiger partial charge in [0.2, 0.25) is 0 Å². The molecule has 10 heteroatoms. The van der Waals surface area contributed by atoms with Crippen LogP contribution in [0.5, 0.6) is 0 Å². The van der Waals surface area contributed by atoms with Gasteiger partial charge in [-0.15, -0.1) is 0 Å². The van der Waals surface area contributed by atoms with Crippen LogP contribution in [0, 0.1) is 0 Å². The standard InChI is InChI=1S/3Ca.H3O5P.Zr.6H/c;;;1-6(2,3)4-5-6;;;;;;;/h;;;1-3H;;;;;;;. The fourth-order valence-corrected chi connectivity index (χ4v) is 0.402. The fraction of sp³-hybridized carbons (Fsp3) is 0. The molecule has 10 heavy (non-hydrogen) atoms. The van der Waals surface area contributed by atoms with Gasteiger partial charge in [-0.3, -0.25) is 0 Å². The summed E-state index contributed by atoms with van der Waals surface area (Å²) >= 11 is 0. The minimum atomic E-state index is -4.80. The molecule has 0 aromatic heterocycles. The third-order valence-corrected chi connectivity index (χ3v) is 0.824. The summed E-state index contributed by atoms with van der Waals surface area (Å²) in [4.78, 5) is 23.7. The summed E-state index contributed by atoms with van der Waals surface area (Å²) in [6.45, 7) is 0. The van der Waals surface area contributed by atoms with E-state index in [4.69, 9.17) is 14.7 Å². The molecule has 0 radical (unpaired) electrons. The molecule has 1 aliphatic rings. The Labute approximate surface area is 167 Å². The van der Waals surface area contributed by atoms with Crippen molar-refractivity contribution in [1.29, 1.82) is 0 Å². The Balaban J connectivity index is -0.0000000450. The normalized spacial score (nSPS) is 25.7. The molecule has 0 unspecified atom stereocenters. The number of rotatable bonds is 0. The van der Waals surface area contributed by atoms with Crippen LogP contribution in [-0.2, 0) is 35.6 Å². The molecule has 0 aliphatic carbocycles. The molecule has 0 aromatic rings. The SMILES string of the molecule is OP1(O)(O)OO1.[CaH2].[CaH2].[CaH2].[Zr]. The Morgan fingerprint density at radius 2 is 0.900 bits per heavy atom. The molecular formula is H9Ca3O5PZr. The second kappa shape index (κ2) is 8.09. The van der Waals surface area contributed by atoms with Gasteiger partial charge in [0.05, 0.1) is 0 Å². The summed E-state index contributed by atoms with van der Waals surface area (Å²) in [6, 6.07) is 0. The van der Waals surface area contributed by atoms with Crippen LogP contribution in [0.3, 0.4) is 0 Å². The smallest absolute Gasteiger partial charge is 0 e. The molecule has 0 atom stereocenters. The van der Waals surface area contributed by atoms with E-state index < -0.39 is 7.74 Å². The van der Waals surface area contributed by atoms with Gasteiger partial charge in [-0.1, -0.05) is 0 Å². The van der Waals surface area contributed by atoms with E-state index in [1.54, 1.807) is 0 Å². The van der Waals surface area contributed by atoms with Crippen LogP contribution in [0.25, 0.3) is 0 Å². The fourth-order valence-electron chi connectivity index (χ4n) is 0.0447. The van der Waals surface area contributed by atoms with Crippen molar-refractivity contribution in [2.45, 2.75) is 0 Å². The molecular weight excluding hydrogens is 322 g/mol. The second-order valence-corrected chi connectivity index (χ2v) is 2.95. The third-order valence-electron chi connectivity index (χ3n) is 0.275. The van der Waals surface area contributed by atoms with Crippen LogP contribution in [-0.4, -0.2) is 128 Å². The molecule has 1 saturated heterocycles. The first kappa shape index (κ1) is 24.2. The number of hydrogen-bond acceptors (Lipinski definition) is 5. The van der Waals surface area contributed by atoms with Crippen molar-refractivity contribution in [2.24, 2.45) is 0 Å². The molecule has 0 bridgehead atoms. The van der Waals surface area contributed by atoms with Crippen LogP contribution in [0.1, 0.15) is 0 Å². The molecule has 1 rings (SSSR count). The van der Waals surface area contributed by atoms with Crippen LogP contribution in [0.2, 0.25) is 0 Å². The van der Waals surface area contributed by atoms with E-state index in [-0.39, 0.29) is 139 Å². The van der Waals surface area contributed by atoms with Crippen molar-refractivity contribution in [2.75, 3.05) is 0 Å². The van der Waals surface area contributed by atoms with E-state index in [1.807, 2.05) is 0 Å². The Morgan fingerprint density at radius 3 is 0.900 bits per heavy atom. The van der Waals surface area contributed by atoms with Crippen LogP contribution < -0.4 is 0 Å². The topological polar surface area (TPSA) is 85.8 Å². The first-order valence-corrected chi connectivity index (χ1v) is 3.06. The minimum Gasteiger partial charge on any atom is 0 e. The van der Waals surface area contributed by atoms with Gasteiger partial charge < -0.3 is 0 Å². The zero-order chi connectivity index (χ0) is 4.86. The summed E-state index contributed by atoms with van der Waals surface area (Å²) < 4.78 is 6.76. The summed E-state index contributed by atoms with van der Waals surface area (Å²) in [7, 11) is -4.80. The van der Waals surface area contributed by atoms with Crippen molar-refractivity contribution in [3.63, 3.8) is 0 Å². The van der Waals surface area contributed by atoms with E-state index in [0.29, 0.717) is 0 Å². The summed E-state index contributed by atoms with van der Waals surface area (Å²) in [5.41, 5.74) is 0. The first-order chi connectivity index (χ1) is 2.47. The van der Waals surface area contributed by atoms with Crippen LogP contribution >= 0.6 is 7.74 Å². The van der Waals surface area contributed by atoms with Gasteiger partial charge in [0.1, 0.15) is 0 Å². The summed E-state index contributed by atoms with van der Waals surface area (Å²) in [5.74, 6) is 0. The molecule has 5 nitrogen and oxygen atoms in total. The maximum absolute atomic E-state index is 7.89. The Bertz CT molecular complexity index is 80.6. The molecule has 54 valence electrons. The van der Waals surface area contributed by atoms with Crippen molar-refractivity contribution >= 4 is 121 Å².